The van der Waals surface area contributed by atoms with Crippen molar-refractivity contribution in [2.24, 2.45) is 0 Å². The lowest BCUT2D eigenvalue weighted by atomic mass is 9.95. The van der Waals surface area contributed by atoms with E-state index in [1.807, 2.05) is 0 Å². The number of benzene rings is 2. The van der Waals surface area contributed by atoms with Crippen LogP contribution in [0.3, 0.4) is 0 Å². The topological polar surface area (TPSA) is 74.2 Å². The molecule has 1 atom stereocenters. The second-order valence-electron chi connectivity index (χ2n) is 4.82. The van der Waals surface area contributed by atoms with Gasteiger partial charge in [-0.15, -0.1) is 0 Å². The van der Waals surface area contributed by atoms with Crippen LogP contribution in [-0.4, -0.2) is 32.4 Å². The lowest BCUT2D eigenvalue weighted by Crippen LogP contribution is -2.06. The van der Waals surface area contributed by atoms with E-state index in [1.54, 1.807) is 24.3 Å². The van der Waals surface area contributed by atoms with Crippen LogP contribution in [0, 0.1) is 0 Å². The Morgan fingerprint density at radius 2 is 2.04 bits per heavy atom. The summed E-state index contributed by atoms with van der Waals surface area (Å²) in [5, 5.41) is 10.8. The third-order valence-corrected chi connectivity index (χ3v) is 3.61. The molecule has 6 heteroatoms. The fourth-order valence-electron chi connectivity index (χ4n) is 2.49. The van der Waals surface area contributed by atoms with E-state index in [-0.39, 0.29) is 32.3 Å². The van der Waals surface area contributed by atoms with Gasteiger partial charge < -0.3 is 24.1 Å². The van der Waals surface area contributed by atoms with Crippen LogP contribution < -0.4 is 18.9 Å². The molecule has 0 aromatic heterocycles. The zero-order valence-corrected chi connectivity index (χ0v) is 12.2. The average molecular weight is 318 g/mol. The van der Waals surface area contributed by atoms with E-state index in [2.05, 4.69) is 0 Å². The molecule has 0 aliphatic carbocycles. The number of hydrogen-bond donors (Lipinski definition) is 1. The standard InChI is InChI=1S/C17H16O6/c1-20-12-5-3-10(7-14(12)21-2)16(19)15-11(8-18)4-6-13-17(15)23-9-22-13/h3-8,16,19H,9H2,1-2H3/i1D,2D. The Labute approximate surface area is 136 Å². The highest BCUT2D eigenvalue weighted by molar-refractivity contribution is 5.81. The van der Waals surface area contributed by atoms with Crippen molar-refractivity contribution < 1.29 is 31.6 Å². The predicted octanol–water partition coefficient (Wildman–Crippen LogP) is 2.33. The first-order chi connectivity index (χ1) is 12.2. The van der Waals surface area contributed by atoms with Crippen molar-refractivity contribution in [2.45, 2.75) is 6.10 Å². The highest BCUT2D eigenvalue weighted by Crippen LogP contribution is 2.43. The van der Waals surface area contributed by atoms with Gasteiger partial charge >= 0.3 is 0 Å². The number of aliphatic hydroxyl groups excluding tert-OH is 1. The van der Waals surface area contributed by atoms with Gasteiger partial charge in [0.2, 0.25) is 6.79 Å². The van der Waals surface area contributed by atoms with E-state index < -0.39 is 6.10 Å². The van der Waals surface area contributed by atoms with Crippen LogP contribution in [0.15, 0.2) is 30.3 Å². The van der Waals surface area contributed by atoms with Crippen LogP contribution in [0.5, 0.6) is 23.0 Å². The molecule has 6 nitrogen and oxygen atoms in total. The van der Waals surface area contributed by atoms with Crippen LogP contribution >= 0.6 is 0 Å². The number of aliphatic hydroxyl groups is 1. The Morgan fingerprint density at radius 1 is 1.22 bits per heavy atom. The Morgan fingerprint density at radius 3 is 2.83 bits per heavy atom. The van der Waals surface area contributed by atoms with Gasteiger partial charge in [0, 0.05) is 11.1 Å². The van der Waals surface area contributed by atoms with Gasteiger partial charge in [0.05, 0.1) is 16.9 Å². The van der Waals surface area contributed by atoms with Crippen molar-refractivity contribution >= 4 is 6.29 Å². The first-order valence-electron chi connectivity index (χ1n) is 8.14. The van der Waals surface area contributed by atoms with Crippen LogP contribution in [-0.2, 0) is 0 Å². The molecular weight excluding hydrogens is 300 g/mol. The van der Waals surface area contributed by atoms with Crippen molar-refractivity contribution in [3.05, 3.63) is 47.0 Å². The van der Waals surface area contributed by atoms with Gasteiger partial charge in [-0.25, -0.2) is 0 Å². The van der Waals surface area contributed by atoms with Crippen molar-refractivity contribution in [1.29, 1.82) is 0 Å². The molecule has 0 spiro atoms. The minimum Gasteiger partial charge on any atom is -0.493 e. The van der Waals surface area contributed by atoms with E-state index in [0.717, 1.165) is 0 Å². The maximum absolute atomic E-state index is 11.4. The molecule has 0 fully saturated rings. The molecule has 0 amide bonds. The van der Waals surface area contributed by atoms with E-state index in [1.165, 1.54) is 6.07 Å². The molecule has 1 N–H and O–H groups in total. The summed E-state index contributed by atoms with van der Waals surface area (Å²) in [6.07, 6.45) is -0.533. The molecule has 2 aromatic carbocycles. The molecule has 2 aromatic rings. The van der Waals surface area contributed by atoms with Gasteiger partial charge in [-0.05, 0) is 29.8 Å². The SMILES string of the molecule is [2H]COc1ccc(C(O)c2c(C=O)ccc3c2OCO3)cc1OC[2H]. The van der Waals surface area contributed by atoms with Crippen molar-refractivity contribution in [3.63, 3.8) is 0 Å². The summed E-state index contributed by atoms with van der Waals surface area (Å²) in [5.74, 6) is 1.31. The molecule has 0 bridgehead atoms. The molecule has 1 aliphatic rings. The first kappa shape index (κ1) is 12.8. The Bertz CT molecular complexity index is 780. The zero-order valence-electron chi connectivity index (χ0n) is 14.2. The first-order valence-corrected chi connectivity index (χ1v) is 6.73. The van der Waals surface area contributed by atoms with E-state index in [9.17, 15) is 9.90 Å². The summed E-state index contributed by atoms with van der Waals surface area (Å²) < 4.78 is 35.4. The average Bonchev–Trinajstić information content (AvgIpc) is 3.10. The van der Waals surface area contributed by atoms with Crippen LogP contribution in [0.25, 0.3) is 0 Å². The minimum absolute atomic E-state index is 0.0147. The summed E-state index contributed by atoms with van der Waals surface area (Å²) in [5.41, 5.74) is 1.01. The molecule has 0 saturated carbocycles. The third kappa shape index (κ3) is 2.57. The van der Waals surface area contributed by atoms with E-state index in [0.29, 0.717) is 34.7 Å². The number of fused-ring (bicyclic) bond motifs is 1. The molecule has 23 heavy (non-hydrogen) atoms. The van der Waals surface area contributed by atoms with Crippen LogP contribution in [0.4, 0.5) is 0 Å². The molecule has 120 valence electrons. The van der Waals surface area contributed by atoms with E-state index in [4.69, 9.17) is 21.7 Å². The summed E-state index contributed by atoms with van der Waals surface area (Å²) in [7, 11) is -0.645. The molecule has 1 heterocycles. The molecule has 3 rings (SSSR count). The van der Waals surface area contributed by atoms with Gasteiger partial charge in [-0.3, -0.25) is 4.79 Å². The summed E-state index contributed by atoms with van der Waals surface area (Å²) >= 11 is 0. The fourth-order valence-corrected chi connectivity index (χ4v) is 2.49. The maximum Gasteiger partial charge on any atom is 0.231 e. The summed E-state index contributed by atoms with van der Waals surface area (Å²) in [6.45, 7) is 0.0147. The molecule has 0 saturated heterocycles. The number of rotatable bonds is 5. The number of methoxy groups -OCH3 is 2. The largest absolute Gasteiger partial charge is 0.493 e. The van der Waals surface area contributed by atoms with Crippen molar-refractivity contribution in [2.75, 3.05) is 21.0 Å². The Kier molecular flexibility index (Phi) is 3.43. The molecular formula is C17H16O6. The van der Waals surface area contributed by atoms with Gasteiger partial charge in [-0.1, -0.05) is 6.07 Å². The Balaban J connectivity index is 2.04. The Hall–Kier alpha value is -2.73. The number of carbonyl (C=O) groups excluding carboxylic acids is 1. The monoisotopic (exact) mass is 318 g/mol. The lowest BCUT2D eigenvalue weighted by molar-refractivity contribution is 0.111. The third-order valence-electron chi connectivity index (χ3n) is 3.61. The zero-order chi connectivity index (χ0) is 17.8. The maximum atomic E-state index is 11.4. The molecule has 1 aliphatic heterocycles. The lowest BCUT2D eigenvalue weighted by Gasteiger charge is -2.17. The number of hydrogen-bond acceptors (Lipinski definition) is 6. The van der Waals surface area contributed by atoms with Gasteiger partial charge in [0.25, 0.3) is 0 Å². The predicted molar refractivity (Wildman–Crippen MR) is 81.6 cm³/mol. The number of carbonyl (C=O) groups is 1. The van der Waals surface area contributed by atoms with Crippen LogP contribution in [0.1, 0.15) is 30.3 Å². The van der Waals surface area contributed by atoms with Crippen molar-refractivity contribution in [3.8, 4) is 23.0 Å². The number of aldehydes is 1. The van der Waals surface area contributed by atoms with Gasteiger partial charge in [-0.2, -0.15) is 0 Å². The van der Waals surface area contributed by atoms with Gasteiger partial charge in [0.15, 0.2) is 29.3 Å². The summed E-state index contributed by atoms with van der Waals surface area (Å²) in [6, 6.07) is 7.81. The summed E-state index contributed by atoms with van der Waals surface area (Å²) in [4.78, 5) is 11.4. The minimum atomic E-state index is -1.17. The second kappa shape index (κ2) is 6.18. The molecule has 0 radical (unpaired) electrons. The molecule has 1 unspecified atom stereocenters. The highest BCUT2D eigenvalue weighted by Gasteiger charge is 2.27. The number of ether oxygens (including phenoxy) is 4. The highest BCUT2D eigenvalue weighted by atomic mass is 16.7. The quantitative estimate of drug-likeness (QED) is 0.853. The van der Waals surface area contributed by atoms with Crippen molar-refractivity contribution in [1.82, 2.24) is 0 Å². The second-order valence-corrected chi connectivity index (χ2v) is 4.82. The fraction of sp³-hybridized carbons (Fsp3) is 0.235. The van der Waals surface area contributed by atoms with Gasteiger partial charge in [0.1, 0.15) is 6.10 Å². The smallest absolute Gasteiger partial charge is 0.231 e. The van der Waals surface area contributed by atoms with Crippen LogP contribution in [0.2, 0.25) is 0 Å². The normalized spacial score (nSPS) is 14.7. The van der Waals surface area contributed by atoms with E-state index >= 15 is 0 Å².